The third-order valence-corrected chi connectivity index (χ3v) is 5.96. The fourth-order valence-electron chi connectivity index (χ4n) is 4.34. The third-order valence-electron chi connectivity index (χ3n) is 5.96. The molecule has 166 valence electrons. The molecular formula is C23H18F2N6O2. The van der Waals surface area contributed by atoms with Gasteiger partial charge in [-0.15, -0.1) is 0 Å². The molecule has 33 heavy (non-hydrogen) atoms. The Bertz CT molecular complexity index is 1550. The van der Waals surface area contributed by atoms with Crippen molar-refractivity contribution in [2.45, 2.75) is 18.9 Å². The van der Waals surface area contributed by atoms with Crippen LogP contribution in [0.5, 0.6) is 0 Å². The summed E-state index contributed by atoms with van der Waals surface area (Å²) in [7, 11) is 0. The highest BCUT2D eigenvalue weighted by Gasteiger charge is 2.24. The lowest BCUT2D eigenvalue weighted by atomic mass is 10.1. The predicted molar refractivity (Wildman–Crippen MR) is 117 cm³/mol. The van der Waals surface area contributed by atoms with Crippen LogP contribution >= 0.6 is 0 Å². The Balaban J connectivity index is 1.65. The van der Waals surface area contributed by atoms with E-state index in [1.807, 2.05) is 0 Å². The van der Waals surface area contributed by atoms with Gasteiger partial charge in [0.25, 0.3) is 0 Å². The van der Waals surface area contributed by atoms with Crippen LogP contribution < -0.4 is 5.69 Å². The van der Waals surface area contributed by atoms with Crippen LogP contribution in [0.3, 0.4) is 0 Å². The summed E-state index contributed by atoms with van der Waals surface area (Å²) in [4.78, 5) is 29.6. The number of H-pyrrole nitrogens is 1. The average Bonchev–Trinajstić information content (AvgIpc) is 3.39. The molecular weight excluding hydrogens is 430 g/mol. The van der Waals surface area contributed by atoms with Crippen LogP contribution in [0.15, 0.2) is 53.6 Å². The zero-order valence-corrected chi connectivity index (χ0v) is 17.3. The van der Waals surface area contributed by atoms with Crippen molar-refractivity contribution in [2.75, 3.05) is 13.2 Å². The minimum atomic E-state index is -0.412. The van der Waals surface area contributed by atoms with Crippen LogP contribution in [0.4, 0.5) is 8.78 Å². The van der Waals surface area contributed by atoms with Gasteiger partial charge in [-0.3, -0.25) is 9.13 Å². The van der Waals surface area contributed by atoms with Gasteiger partial charge in [-0.1, -0.05) is 0 Å². The molecule has 0 amide bonds. The summed E-state index contributed by atoms with van der Waals surface area (Å²) in [6, 6.07) is 10.0. The molecule has 0 bridgehead atoms. The second kappa shape index (κ2) is 7.59. The number of aromatic amines is 1. The van der Waals surface area contributed by atoms with Crippen LogP contribution in [0.1, 0.15) is 18.9 Å². The summed E-state index contributed by atoms with van der Waals surface area (Å²) >= 11 is 0. The lowest BCUT2D eigenvalue weighted by molar-refractivity contribution is 0.0697. The molecule has 1 aliphatic heterocycles. The Morgan fingerprint density at radius 1 is 1.00 bits per heavy atom. The van der Waals surface area contributed by atoms with Gasteiger partial charge >= 0.3 is 5.69 Å². The fourth-order valence-corrected chi connectivity index (χ4v) is 4.34. The number of benzene rings is 2. The van der Waals surface area contributed by atoms with Crippen molar-refractivity contribution in [2.24, 2.45) is 0 Å². The topological polar surface area (TPSA) is 90.6 Å². The summed E-state index contributed by atoms with van der Waals surface area (Å²) < 4.78 is 36.2. The number of ether oxygens (including phenoxy) is 1. The molecule has 10 heteroatoms. The number of nitrogens with zero attached hydrogens (tertiary/aromatic N) is 5. The number of hydrogen-bond donors (Lipinski definition) is 1. The highest BCUT2D eigenvalue weighted by molar-refractivity contribution is 5.88. The van der Waals surface area contributed by atoms with Crippen molar-refractivity contribution < 1.29 is 13.5 Å². The molecule has 8 nitrogen and oxygen atoms in total. The predicted octanol–water partition coefficient (Wildman–Crippen LogP) is 3.76. The number of hydrogen-bond acceptors (Lipinski definition) is 5. The summed E-state index contributed by atoms with van der Waals surface area (Å²) in [5, 5.41) is 0. The quantitative estimate of drug-likeness (QED) is 0.454. The second-order valence-electron chi connectivity index (χ2n) is 7.97. The van der Waals surface area contributed by atoms with E-state index in [-0.39, 0.29) is 23.5 Å². The van der Waals surface area contributed by atoms with E-state index in [1.165, 1.54) is 30.6 Å². The lowest BCUT2D eigenvalue weighted by Crippen LogP contribution is -2.27. The van der Waals surface area contributed by atoms with E-state index in [0.717, 1.165) is 0 Å². The maximum absolute atomic E-state index is 14.0. The molecule has 0 atom stereocenters. The molecule has 6 rings (SSSR count). The molecule has 0 spiro atoms. The lowest BCUT2D eigenvalue weighted by Gasteiger charge is -2.23. The maximum atomic E-state index is 14.0. The van der Waals surface area contributed by atoms with Crippen molar-refractivity contribution in [3.63, 3.8) is 0 Å². The van der Waals surface area contributed by atoms with Gasteiger partial charge < -0.3 is 9.72 Å². The Labute approximate surface area is 185 Å². The van der Waals surface area contributed by atoms with Crippen LogP contribution in [0.25, 0.3) is 39.4 Å². The SMILES string of the molecule is O=c1[nH]c2c(-c3ccc(F)cc3)nc(-n3cnc4ccc(F)cc43)nc2n1C1CCOCC1. The number of imidazole rings is 2. The molecule has 3 aromatic heterocycles. The Morgan fingerprint density at radius 2 is 1.76 bits per heavy atom. The molecule has 2 aromatic carbocycles. The van der Waals surface area contributed by atoms with Gasteiger partial charge in [-0.05, 0) is 49.2 Å². The van der Waals surface area contributed by atoms with Gasteiger partial charge in [0.05, 0.1) is 11.0 Å². The molecule has 5 aromatic rings. The monoisotopic (exact) mass is 448 g/mol. The van der Waals surface area contributed by atoms with E-state index >= 15 is 0 Å². The highest BCUT2D eigenvalue weighted by Crippen LogP contribution is 2.30. The first-order valence-corrected chi connectivity index (χ1v) is 10.6. The maximum Gasteiger partial charge on any atom is 0.327 e. The third kappa shape index (κ3) is 3.30. The van der Waals surface area contributed by atoms with Gasteiger partial charge in [-0.2, -0.15) is 4.98 Å². The van der Waals surface area contributed by atoms with Crippen LogP contribution in [-0.2, 0) is 4.74 Å². The number of nitrogens with one attached hydrogen (secondary N) is 1. The molecule has 0 unspecified atom stereocenters. The van der Waals surface area contributed by atoms with E-state index in [1.54, 1.807) is 27.3 Å². The van der Waals surface area contributed by atoms with Crippen LogP contribution in [0.2, 0.25) is 0 Å². The summed E-state index contributed by atoms with van der Waals surface area (Å²) in [5.41, 5.74) is 2.71. The zero-order valence-electron chi connectivity index (χ0n) is 17.3. The van der Waals surface area contributed by atoms with Crippen molar-refractivity contribution >= 4 is 22.2 Å². The average molecular weight is 448 g/mol. The smallest absolute Gasteiger partial charge is 0.327 e. The molecule has 4 heterocycles. The Hall–Kier alpha value is -3.92. The van der Waals surface area contributed by atoms with Crippen molar-refractivity contribution in [1.82, 2.24) is 29.1 Å². The number of halogens is 2. The number of rotatable bonds is 3. The van der Waals surface area contributed by atoms with E-state index in [9.17, 15) is 13.6 Å². The van der Waals surface area contributed by atoms with E-state index in [2.05, 4.69) is 15.0 Å². The summed E-state index contributed by atoms with van der Waals surface area (Å²) in [6.45, 7) is 1.11. The zero-order chi connectivity index (χ0) is 22.5. The first-order valence-electron chi connectivity index (χ1n) is 10.6. The second-order valence-corrected chi connectivity index (χ2v) is 7.97. The first-order chi connectivity index (χ1) is 16.1. The van der Waals surface area contributed by atoms with Crippen molar-refractivity contribution in [3.8, 4) is 17.2 Å². The largest absolute Gasteiger partial charge is 0.381 e. The molecule has 0 radical (unpaired) electrons. The normalized spacial score (nSPS) is 15.0. The van der Waals surface area contributed by atoms with Crippen LogP contribution in [0, 0.1) is 11.6 Å². The molecule has 0 aliphatic carbocycles. The standard InChI is InChI=1S/C23H18F2N6O2/c24-14-3-1-13(2-4-14)19-20-21(31(23(32)28-20)16-7-9-33-10-8-16)29-22(27-19)30-12-26-17-6-5-15(25)11-18(17)30/h1-6,11-12,16H,7-10H2,(H,28,32). The van der Waals surface area contributed by atoms with E-state index < -0.39 is 5.82 Å². The van der Waals surface area contributed by atoms with Crippen LogP contribution in [-0.4, -0.2) is 42.3 Å². The number of fused-ring (bicyclic) bond motifs is 2. The molecule has 1 saturated heterocycles. The van der Waals surface area contributed by atoms with Crippen molar-refractivity contribution in [3.05, 3.63) is 70.9 Å². The molecule has 1 fully saturated rings. The van der Waals surface area contributed by atoms with Crippen molar-refractivity contribution in [1.29, 1.82) is 0 Å². The molecule has 0 saturated carbocycles. The Morgan fingerprint density at radius 3 is 2.55 bits per heavy atom. The van der Waals surface area contributed by atoms with Gasteiger partial charge in [0.15, 0.2) is 5.65 Å². The van der Waals surface area contributed by atoms with E-state index in [0.29, 0.717) is 59.5 Å². The molecule has 1 N–H and O–H groups in total. The summed E-state index contributed by atoms with van der Waals surface area (Å²) in [6.07, 6.45) is 2.87. The first kappa shape index (κ1) is 19.7. The van der Waals surface area contributed by atoms with Gasteiger partial charge in [0.2, 0.25) is 5.95 Å². The Kier molecular flexibility index (Phi) is 4.54. The van der Waals surface area contributed by atoms with Gasteiger partial charge in [0, 0.05) is 30.9 Å². The minimum absolute atomic E-state index is 0.0826. The summed E-state index contributed by atoms with van der Waals surface area (Å²) in [5.74, 6) is -0.562. The minimum Gasteiger partial charge on any atom is -0.381 e. The highest BCUT2D eigenvalue weighted by atomic mass is 19.1. The molecule has 1 aliphatic rings. The van der Waals surface area contributed by atoms with E-state index in [4.69, 9.17) is 9.72 Å². The van der Waals surface area contributed by atoms with Gasteiger partial charge in [0.1, 0.15) is 29.2 Å². The van der Waals surface area contributed by atoms with Gasteiger partial charge in [-0.25, -0.2) is 23.5 Å². The fraction of sp³-hybridized carbons (Fsp3) is 0.217. The number of aromatic nitrogens is 6.